The fourth-order valence-electron chi connectivity index (χ4n) is 4.29. The summed E-state index contributed by atoms with van der Waals surface area (Å²) in [5.74, 6) is -0.152. The second kappa shape index (κ2) is 5.84. The van der Waals surface area contributed by atoms with Gasteiger partial charge in [-0.25, -0.2) is 0 Å². The first-order valence-corrected chi connectivity index (χ1v) is 10.0. The third-order valence-corrected chi connectivity index (χ3v) is 7.68. The van der Waals surface area contributed by atoms with E-state index in [-0.39, 0.29) is 42.0 Å². The molecule has 1 aromatic rings. The first-order chi connectivity index (χ1) is 12.2. The van der Waals surface area contributed by atoms with Crippen molar-refractivity contribution in [2.24, 2.45) is 16.7 Å². The molecule has 0 spiro atoms. The topological polar surface area (TPSA) is 92.3 Å². The number of rotatable bonds is 5. The first kappa shape index (κ1) is 17.6. The second-order valence-corrected chi connectivity index (χ2v) is 9.47. The Kier molecular flexibility index (Phi) is 3.95. The van der Waals surface area contributed by atoms with Crippen molar-refractivity contribution in [1.29, 1.82) is 0 Å². The molecule has 2 heterocycles. The van der Waals surface area contributed by atoms with E-state index in [4.69, 9.17) is 0 Å². The van der Waals surface area contributed by atoms with Crippen molar-refractivity contribution in [3.63, 3.8) is 0 Å². The van der Waals surface area contributed by atoms with Gasteiger partial charge in [0.2, 0.25) is 22.9 Å². The number of likely N-dealkylation sites (tertiary alicyclic amines) is 1. The van der Waals surface area contributed by atoms with Crippen LogP contribution in [0, 0.1) is 16.7 Å². The number of carbonyl (C=O) groups excluding carboxylic acids is 3. The highest BCUT2D eigenvalue weighted by Gasteiger charge is 2.64. The van der Waals surface area contributed by atoms with Gasteiger partial charge in [-0.15, -0.1) is 10.2 Å². The summed E-state index contributed by atoms with van der Waals surface area (Å²) in [6.07, 6.45) is 3.83. The Morgan fingerprint density at radius 3 is 2.65 bits per heavy atom. The molecule has 3 fully saturated rings. The van der Waals surface area contributed by atoms with E-state index in [9.17, 15) is 14.4 Å². The quantitative estimate of drug-likeness (QED) is 0.797. The van der Waals surface area contributed by atoms with Crippen molar-refractivity contribution in [2.75, 3.05) is 11.9 Å². The molecule has 3 aliphatic rings. The van der Waals surface area contributed by atoms with Crippen LogP contribution in [0.2, 0.25) is 0 Å². The Balaban J connectivity index is 1.38. The molecule has 2 bridgehead atoms. The Morgan fingerprint density at radius 1 is 1.23 bits per heavy atom. The molecule has 0 aromatic carbocycles. The van der Waals surface area contributed by atoms with Gasteiger partial charge in [0.25, 0.3) is 0 Å². The predicted octanol–water partition coefficient (Wildman–Crippen LogP) is 2.56. The minimum atomic E-state index is -0.527. The minimum absolute atomic E-state index is 0.0824. The average Bonchev–Trinajstić information content (AvgIpc) is 3.29. The van der Waals surface area contributed by atoms with E-state index >= 15 is 0 Å². The molecular formula is C18H24N4O3S. The van der Waals surface area contributed by atoms with Crippen LogP contribution >= 0.6 is 11.3 Å². The van der Waals surface area contributed by atoms with Crippen LogP contribution in [0.25, 0.3) is 0 Å². The molecule has 26 heavy (non-hydrogen) atoms. The van der Waals surface area contributed by atoms with Crippen molar-refractivity contribution in [2.45, 2.75) is 58.8 Å². The molecule has 7 nitrogen and oxygen atoms in total. The van der Waals surface area contributed by atoms with Crippen LogP contribution < -0.4 is 5.32 Å². The van der Waals surface area contributed by atoms with E-state index in [2.05, 4.69) is 15.5 Å². The molecule has 2 aliphatic carbocycles. The van der Waals surface area contributed by atoms with Gasteiger partial charge in [0.05, 0.1) is 5.41 Å². The van der Waals surface area contributed by atoms with Crippen molar-refractivity contribution in [3.05, 3.63) is 5.01 Å². The lowest BCUT2D eigenvalue weighted by Gasteiger charge is -2.47. The summed E-state index contributed by atoms with van der Waals surface area (Å²) in [6.45, 7) is 6.10. The zero-order valence-electron chi connectivity index (χ0n) is 15.4. The highest BCUT2D eigenvalue weighted by atomic mass is 32.1. The van der Waals surface area contributed by atoms with Crippen LogP contribution in [0.5, 0.6) is 0 Å². The highest BCUT2D eigenvalue weighted by molar-refractivity contribution is 7.15. The lowest BCUT2D eigenvalue weighted by molar-refractivity contribution is -0.167. The van der Waals surface area contributed by atoms with Crippen LogP contribution in [-0.4, -0.2) is 39.4 Å². The number of nitrogens with zero attached hydrogens (tertiary/aromatic N) is 3. The summed E-state index contributed by atoms with van der Waals surface area (Å²) in [5.41, 5.74) is -0.855. The van der Waals surface area contributed by atoms with Crippen molar-refractivity contribution >= 4 is 34.2 Å². The van der Waals surface area contributed by atoms with E-state index in [1.807, 2.05) is 20.8 Å². The van der Waals surface area contributed by atoms with Crippen LogP contribution in [-0.2, 0) is 14.4 Å². The van der Waals surface area contributed by atoms with E-state index in [0.29, 0.717) is 11.0 Å². The number of nitrogens with one attached hydrogen (secondary N) is 1. The highest BCUT2D eigenvalue weighted by Crippen LogP contribution is 2.60. The number of anilines is 1. The monoisotopic (exact) mass is 376 g/mol. The van der Waals surface area contributed by atoms with E-state index in [1.165, 1.54) is 16.2 Å². The number of fused-ring (bicyclic) bond motifs is 2. The largest absolute Gasteiger partial charge is 0.300 e. The predicted molar refractivity (Wildman–Crippen MR) is 96.5 cm³/mol. The molecule has 2 saturated carbocycles. The van der Waals surface area contributed by atoms with Crippen LogP contribution in [0.1, 0.15) is 63.8 Å². The van der Waals surface area contributed by atoms with Crippen molar-refractivity contribution < 1.29 is 14.4 Å². The molecule has 140 valence electrons. The summed E-state index contributed by atoms with van der Waals surface area (Å²) in [7, 11) is 0. The summed E-state index contributed by atoms with van der Waals surface area (Å²) >= 11 is 1.40. The molecule has 2 unspecified atom stereocenters. The number of hydrogen-bond donors (Lipinski definition) is 1. The Labute approximate surface area is 156 Å². The van der Waals surface area contributed by atoms with Crippen molar-refractivity contribution in [3.8, 4) is 0 Å². The van der Waals surface area contributed by atoms with Crippen LogP contribution in [0.3, 0.4) is 0 Å². The summed E-state index contributed by atoms with van der Waals surface area (Å²) < 4.78 is 0. The molecule has 2 atom stereocenters. The standard InChI is InChI=1S/C18H24N4O3S/c1-17(2)11-6-8-18(17,3)15(25)22(14(11)24)9-7-12(23)19-16-21-20-13(26-16)10-4-5-10/h10-11H,4-9H2,1-3H3,(H,19,21,23). The number of aromatic nitrogens is 2. The average molecular weight is 376 g/mol. The van der Waals surface area contributed by atoms with Gasteiger partial charge in [-0.1, -0.05) is 32.1 Å². The van der Waals surface area contributed by atoms with E-state index in [0.717, 1.165) is 30.7 Å². The van der Waals surface area contributed by atoms with Gasteiger partial charge in [-0.05, 0) is 31.1 Å². The van der Waals surface area contributed by atoms with Gasteiger partial charge < -0.3 is 5.32 Å². The number of imide groups is 1. The summed E-state index contributed by atoms with van der Waals surface area (Å²) in [5, 5.41) is 12.3. The normalized spacial score (nSPS) is 30.0. The van der Waals surface area contributed by atoms with Gasteiger partial charge in [0.15, 0.2) is 0 Å². The van der Waals surface area contributed by atoms with Gasteiger partial charge in [0.1, 0.15) is 5.01 Å². The number of amides is 3. The molecule has 1 aromatic heterocycles. The molecule has 1 saturated heterocycles. The van der Waals surface area contributed by atoms with Gasteiger partial charge >= 0.3 is 0 Å². The lowest BCUT2D eigenvalue weighted by atomic mass is 9.62. The van der Waals surface area contributed by atoms with Crippen molar-refractivity contribution in [1.82, 2.24) is 15.1 Å². The maximum absolute atomic E-state index is 12.9. The summed E-state index contributed by atoms with van der Waals surface area (Å²) in [4.78, 5) is 39.2. The first-order valence-electron chi connectivity index (χ1n) is 9.23. The maximum Gasteiger partial charge on any atom is 0.235 e. The molecule has 4 rings (SSSR count). The maximum atomic E-state index is 12.9. The Bertz CT molecular complexity index is 785. The minimum Gasteiger partial charge on any atom is -0.300 e. The smallest absolute Gasteiger partial charge is 0.235 e. The third-order valence-electron chi connectivity index (χ3n) is 6.68. The number of piperidine rings is 1. The SMILES string of the molecule is CC12CCC(C(=O)N(CCC(=O)Nc3nnc(C4CC4)s3)C1=O)C2(C)C. The third kappa shape index (κ3) is 2.57. The zero-order chi connectivity index (χ0) is 18.7. The number of carbonyl (C=O) groups is 3. The van der Waals surface area contributed by atoms with Gasteiger partial charge in [-0.3, -0.25) is 19.3 Å². The fourth-order valence-corrected chi connectivity index (χ4v) is 5.22. The molecule has 0 radical (unpaired) electrons. The van der Waals surface area contributed by atoms with Crippen LogP contribution in [0.4, 0.5) is 5.13 Å². The van der Waals surface area contributed by atoms with Gasteiger partial charge in [-0.2, -0.15) is 0 Å². The molecule has 8 heteroatoms. The van der Waals surface area contributed by atoms with Crippen LogP contribution in [0.15, 0.2) is 0 Å². The lowest BCUT2D eigenvalue weighted by Crippen LogP contribution is -2.59. The second-order valence-electron chi connectivity index (χ2n) is 8.46. The number of hydrogen-bond acceptors (Lipinski definition) is 6. The van der Waals surface area contributed by atoms with E-state index in [1.54, 1.807) is 0 Å². The molecular weight excluding hydrogens is 352 g/mol. The summed E-state index contributed by atoms with van der Waals surface area (Å²) in [6, 6.07) is 0. The molecule has 1 N–H and O–H groups in total. The molecule has 3 amide bonds. The molecule has 1 aliphatic heterocycles. The zero-order valence-corrected chi connectivity index (χ0v) is 16.2. The van der Waals surface area contributed by atoms with Gasteiger partial charge in [0, 0.05) is 24.8 Å². The Hall–Kier alpha value is -1.83. The van der Waals surface area contributed by atoms with E-state index < -0.39 is 5.41 Å². The Morgan fingerprint density at radius 2 is 1.96 bits per heavy atom. The fraction of sp³-hybridized carbons (Fsp3) is 0.722.